The number of nitrogens with one attached hydrogen (secondary N) is 1. The molecule has 0 aromatic carbocycles. The van der Waals surface area contributed by atoms with E-state index in [2.05, 4.69) is 22.2 Å². The third kappa shape index (κ3) is 2.91. The van der Waals surface area contributed by atoms with E-state index in [1.54, 1.807) is 23.9 Å². The average molecular weight is 263 g/mol. The molecule has 96 valence electrons. The molecule has 1 fully saturated rings. The Balaban J connectivity index is 1.57. The molecular weight excluding hydrogens is 246 g/mol. The summed E-state index contributed by atoms with van der Waals surface area (Å²) in [7, 11) is 2.06. The van der Waals surface area contributed by atoms with Gasteiger partial charge in [-0.05, 0) is 18.9 Å². The third-order valence-corrected chi connectivity index (χ3v) is 4.12. The van der Waals surface area contributed by atoms with Crippen molar-refractivity contribution in [2.75, 3.05) is 11.9 Å². The van der Waals surface area contributed by atoms with Crippen molar-refractivity contribution in [3.63, 3.8) is 0 Å². The van der Waals surface area contributed by atoms with Crippen molar-refractivity contribution in [3.8, 4) is 0 Å². The van der Waals surface area contributed by atoms with Crippen LogP contribution in [0.15, 0.2) is 29.2 Å². The molecule has 2 aromatic heterocycles. The van der Waals surface area contributed by atoms with Crippen molar-refractivity contribution < 1.29 is 4.42 Å². The van der Waals surface area contributed by atoms with Gasteiger partial charge < -0.3 is 14.6 Å². The summed E-state index contributed by atoms with van der Waals surface area (Å²) in [5, 5.41) is 4.57. The number of hydrogen-bond donors (Lipinski definition) is 1. The first kappa shape index (κ1) is 11.7. The lowest BCUT2D eigenvalue weighted by Gasteiger charge is -2.13. The van der Waals surface area contributed by atoms with Crippen LogP contribution in [0.3, 0.4) is 0 Å². The fourth-order valence-corrected chi connectivity index (χ4v) is 2.63. The maximum Gasteiger partial charge on any atom is 0.185 e. The van der Waals surface area contributed by atoms with Gasteiger partial charge in [-0.25, -0.2) is 4.98 Å². The van der Waals surface area contributed by atoms with Crippen molar-refractivity contribution in [3.05, 3.63) is 35.2 Å². The molecule has 0 bridgehead atoms. The first-order valence-corrected chi connectivity index (χ1v) is 7.03. The van der Waals surface area contributed by atoms with Gasteiger partial charge in [0.05, 0.1) is 12.5 Å². The normalized spacial score (nSPS) is 14.9. The van der Waals surface area contributed by atoms with Crippen LogP contribution in [0.1, 0.15) is 23.3 Å². The van der Waals surface area contributed by atoms with Gasteiger partial charge in [-0.2, -0.15) is 0 Å². The largest absolute Gasteiger partial charge is 0.472 e. The highest BCUT2D eigenvalue weighted by Gasteiger charge is 2.20. The van der Waals surface area contributed by atoms with E-state index in [-0.39, 0.29) is 0 Å². The second-order valence-electron chi connectivity index (χ2n) is 4.75. The van der Waals surface area contributed by atoms with Crippen LogP contribution in [0.4, 0.5) is 5.13 Å². The minimum Gasteiger partial charge on any atom is -0.472 e. The zero-order valence-electron chi connectivity index (χ0n) is 10.4. The molecule has 1 saturated carbocycles. The summed E-state index contributed by atoms with van der Waals surface area (Å²) in [5.74, 6) is 0. The quantitative estimate of drug-likeness (QED) is 0.870. The lowest BCUT2D eigenvalue weighted by Crippen LogP contribution is -2.15. The van der Waals surface area contributed by atoms with Crippen molar-refractivity contribution >= 4 is 16.5 Å². The highest BCUT2D eigenvalue weighted by molar-refractivity contribution is 7.15. The summed E-state index contributed by atoms with van der Waals surface area (Å²) < 4.78 is 5.07. The van der Waals surface area contributed by atoms with Gasteiger partial charge in [0, 0.05) is 42.8 Å². The minimum atomic E-state index is 0.749. The van der Waals surface area contributed by atoms with Crippen molar-refractivity contribution in [1.82, 2.24) is 10.3 Å². The van der Waals surface area contributed by atoms with E-state index in [9.17, 15) is 0 Å². The summed E-state index contributed by atoms with van der Waals surface area (Å²) in [5.41, 5.74) is 1.17. The molecule has 0 spiro atoms. The van der Waals surface area contributed by atoms with Gasteiger partial charge in [0.15, 0.2) is 5.13 Å². The zero-order chi connectivity index (χ0) is 12.4. The molecule has 4 nitrogen and oxygen atoms in total. The lowest BCUT2D eigenvalue weighted by atomic mass is 10.3. The minimum absolute atomic E-state index is 0.749. The number of hydrogen-bond acceptors (Lipinski definition) is 5. The number of anilines is 1. The molecular formula is C13H17N3OS. The average Bonchev–Trinajstić information content (AvgIpc) is 2.88. The second-order valence-corrected chi connectivity index (χ2v) is 5.85. The number of thiazole rings is 1. The predicted molar refractivity (Wildman–Crippen MR) is 72.8 cm³/mol. The topological polar surface area (TPSA) is 41.3 Å². The molecule has 18 heavy (non-hydrogen) atoms. The first-order valence-electron chi connectivity index (χ1n) is 6.21. The predicted octanol–water partition coefficient (Wildman–Crippen LogP) is 2.62. The van der Waals surface area contributed by atoms with Crippen molar-refractivity contribution in [2.24, 2.45) is 0 Å². The van der Waals surface area contributed by atoms with E-state index in [1.807, 2.05) is 12.3 Å². The number of rotatable bonds is 6. The molecule has 0 atom stereocenters. The van der Waals surface area contributed by atoms with E-state index < -0.39 is 0 Å². The number of furan rings is 1. The highest BCUT2D eigenvalue weighted by Crippen LogP contribution is 2.24. The monoisotopic (exact) mass is 263 g/mol. The van der Waals surface area contributed by atoms with E-state index in [0.717, 1.165) is 24.3 Å². The Morgan fingerprint density at radius 3 is 3.17 bits per heavy atom. The van der Waals surface area contributed by atoms with Crippen LogP contribution in [-0.2, 0) is 13.1 Å². The van der Waals surface area contributed by atoms with Crippen LogP contribution in [0.25, 0.3) is 0 Å². The lowest BCUT2D eigenvalue weighted by molar-refractivity contribution is 0.563. The summed E-state index contributed by atoms with van der Waals surface area (Å²) in [6, 6.07) is 2.74. The van der Waals surface area contributed by atoms with Gasteiger partial charge in [-0.1, -0.05) is 0 Å². The molecule has 3 rings (SSSR count). The molecule has 0 aliphatic heterocycles. The third-order valence-electron chi connectivity index (χ3n) is 3.01. The molecule has 0 saturated heterocycles. The zero-order valence-corrected chi connectivity index (χ0v) is 11.2. The molecule has 0 unspecified atom stereocenters. The summed E-state index contributed by atoms with van der Waals surface area (Å²) in [6.45, 7) is 1.78. The van der Waals surface area contributed by atoms with Gasteiger partial charge in [0.1, 0.15) is 0 Å². The van der Waals surface area contributed by atoms with Gasteiger partial charge in [-0.15, -0.1) is 11.3 Å². The Labute approximate surface area is 111 Å². The Morgan fingerprint density at radius 2 is 2.44 bits per heavy atom. The van der Waals surface area contributed by atoms with Gasteiger partial charge in [0.2, 0.25) is 0 Å². The maximum atomic E-state index is 5.07. The SMILES string of the molecule is CN(Cc1ccoc1)c1ncc(CNC2CC2)s1. The van der Waals surface area contributed by atoms with Crippen molar-refractivity contribution in [1.29, 1.82) is 0 Å². The van der Waals surface area contributed by atoms with E-state index in [4.69, 9.17) is 4.42 Å². The summed E-state index contributed by atoms with van der Waals surface area (Å²) >= 11 is 1.75. The molecule has 0 radical (unpaired) electrons. The van der Waals surface area contributed by atoms with Crippen LogP contribution in [0.2, 0.25) is 0 Å². The smallest absolute Gasteiger partial charge is 0.185 e. The van der Waals surface area contributed by atoms with Gasteiger partial charge in [0.25, 0.3) is 0 Å². The van der Waals surface area contributed by atoms with E-state index in [1.165, 1.54) is 23.3 Å². The molecule has 2 aromatic rings. The van der Waals surface area contributed by atoms with Crippen LogP contribution < -0.4 is 10.2 Å². The molecule has 1 N–H and O–H groups in total. The fourth-order valence-electron chi connectivity index (χ4n) is 1.81. The Kier molecular flexibility index (Phi) is 3.34. The van der Waals surface area contributed by atoms with Crippen LogP contribution in [0.5, 0.6) is 0 Å². The second kappa shape index (κ2) is 5.12. The summed E-state index contributed by atoms with van der Waals surface area (Å²) in [6.07, 6.45) is 8.11. The van der Waals surface area contributed by atoms with Crippen LogP contribution >= 0.6 is 11.3 Å². The Bertz CT molecular complexity index is 490. The first-order chi connectivity index (χ1) is 8.81. The Morgan fingerprint density at radius 1 is 1.56 bits per heavy atom. The highest BCUT2D eigenvalue weighted by atomic mass is 32.1. The van der Waals surface area contributed by atoms with Gasteiger partial charge >= 0.3 is 0 Å². The van der Waals surface area contributed by atoms with Crippen LogP contribution in [0, 0.1) is 0 Å². The van der Waals surface area contributed by atoms with Crippen LogP contribution in [-0.4, -0.2) is 18.1 Å². The molecule has 1 aliphatic carbocycles. The molecule has 5 heteroatoms. The van der Waals surface area contributed by atoms with Crippen molar-refractivity contribution in [2.45, 2.75) is 32.0 Å². The standard InChI is InChI=1S/C13H17N3OS/c1-16(8-10-4-5-17-9-10)13-15-7-12(18-13)6-14-11-2-3-11/h4-5,7,9,11,14H,2-3,6,8H2,1H3. The molecule has 2 heterocycles. The number of aromatic nitrogens is 1. The van der Waals surface area contributed by atoms with Gasteiger partial charge in [-0.3, -0.25) is 0 Å². The summed E-state index contributed by atoms with van der Waals surface area (Å²) in [4.78, 5) is 7.92. The number of nitrogens with zero attached hydrogens (tertiary/aromatic N) is 2. The van der Waals surface area contributed by atoms with E-state index >= 15 is 0 Å². The van der Waals surface area contributed by atoms with E-state index in [0.29, 0.717) is 0 Å². The Hall–Kier alpha value is -1.33. The molecule has 0 amide bonds. The maximum absolute atomic E-state index is 5.07. The molecule has 1 aliphatic rings. The fraction of sp³-hybridized carbons (Fsp3) is 0.462.